The predicted octanol–water partition coefficient (Wildman–Crippen LogP) is 4.70. The fourth-order valence-corrected chi connectivity index (χ4v) is 4.68. The van der Waals surface area contributed by atoms with Crippen LogP contribution in [0.1, 0.15) is 43.6 Å². The molecule has 2 saturated carbocycles. The summed E-state index contributed by atoms with van der Waals surface area (Å²) in [5.41, 5.74) is 3.52. The molecule has 0 aliphatic heterocycles. The van der Waals surface area contributed by atoms with Gasteiger partial charge in [0.05, 0.1) is 12.3 Å². The van der Waals surface area contributed by atoms with Crippen molar-refractivity contribution >= 4 is 5.91 Å². The van der Waals surface area contributed by atoms with E-state index < -0.39 is 0 Å². The van der Waals surface area contributed by atoms with Gasteiger partial charge in [-0.05, 0) is 55.4 Å². The molecule has 2 atom stereocenters. The highest BCUT2D eigenvalue weighted by Gasteiger charge is 2.40. The molecule has 2 aromatic carbocycles. The lowest BCUT2D eigenvalue weighted by Crippen LogP contribution is -2.36. The van der Waals surface area contributed by atoms with Crippen molar-refractivity contribution in [2.45, 2.75) is 50.2 Å². The lowest BCUT2D eigenvalue weighted by molar-refractivity contribution is -0.126. The quantitative estimate of drug-likeness (QED) is 0.635. The third kappa shape index (κ3) is 4.66. The number of amides is 1. The van der Waals surface area contributed by atoms with E-state index in [1.807, 2.05) is 37.6 Å². The summed E-state index contributed by atoms with van der Waals surface area (Å²) in [6.45, 7) is 0. The van der Waals surface area contributed by atoms with Crippen LogP contribution in [-0.2, 0) is 11.8 Å². The molecule has 2 aliphatic rings. The van der Waals surface area contributed by atoms with E-state index in [1.165, 1.54) is 5.56 Å². The lowest BCUT2D eigenvalue weighted by atomic mass is 9.86. The zero-order chi connectivity index (χ0) is 21.2. The number of aryl methyl sites for hydroxylation is 1. The van der Waals surface area contributed by atoms with Crippen molar-refractivity contribution in [2.75, 3.05) is 0 Å². The monoisotopic (exact) mass is 415 g/mol. The summed E-state index contributed by atoms with van der Waals surface area (Å²) in [4.78, 5) is 12.7. The number of aromatic nitrogens is 2. The Morgan fingerprint density at radius 3 is 2.58 bits per heavy atom. The molecule has 0 radical (unpaired) electrons. The number of carbonyl (C=O) groups excluding carboxylic acids is 1. The second-order valence-electron chi connectivity index (χ2n) is 8.89. The minimum Gasteiger partial charge on any atom is -0.490 e. The molecule has 2 fully saturated rings. The first-order chi connectivity index (χ1) is 15.2. The molecule has 1 heterocycles. The van der Waals surface area contributed by atoms with E-state index in [0.717, 1.165) is 49.0 Å². The topological polar surface area (TPSA) is 56.1 Å². The summed E-state index contributed by atoms with van der Waals surface area (Å²) in [6, 6.07) is 19.0. The van der Waals surface area contributed by atoms with Gasteiger partial charge in [0, 0.05) is 36.7 Å². The van der Waals surface area contributed by atoms with Crippen LogP contribution in [0.15, 0.2) is 67.0 Å². The summed E-state index contributed by atoms with van der Waals surface area (Å²) in [5.74, 6) is 1.70. The van der Waals surface area contributed by atoms with Gasteiger partial charge in [-0.2, -0.15) is 5.10 Å². The minimum atomic E-state index is 0.110. The van der Waals surface area contributed by atoms with Crippen molar-refractivity contribution in [1.29, 1.82) is 0 Å². The minimum absolute atomic E-state index is 0.110. The van der Waals surface area contributed by atoms with E-state index in [4.69, 9.17) is 4.74 Å². The smallest absolute Gasteiger partial charge is 0.223 e. The Balaban J connectivity index is 1.11. The van der Waals surface area contributed by atoms with Crippen molar-refractivity contribution in [3.63, 3.8) is 0 Å². The standard InChI is InChI=1S/C26H29N3O2/c1-29-17-21(16-27-29)20-8-5-9-23(14-20)31-22-12-10-19(11-13-22)26(30)28-25-15-24(25)18-6-3-2-4-7-18/h2-9,14,16-17,19,22,24-25H,10-13,15H2,1H3,(H,28,30). The fourth-order valence-electron chi connectivity index (χ4n) is 4.68. The molecule has 2 aliphatic carbocycles. The van der Waals surface area contributed by atoms with Crippen LogP contribution in [-0.4, -0.2) is 27.8 Å². The van der Waals surface area contributed by atoms with Crippen LogP contribution in [0.3, 0.4) is 0 Å². The first-order valence-electron chi connectivity index (χ1n) is 11.3. The van der Waals surface area contributed by atoms with Crippen molar-refractivity contribution in [3.8, 4) is 16.9 Å². The van der Waals surface area contributed by atoms with E-state index in [-0.39, 0.29) is 17.9 Å². The lowest BCUT2D eigenvalue weighted by Gasteiger charge is -2.28. The molecule has 31 heavy (non-hydrogen) atoms. The van der Waals surface area contributed by atoms with Crippen LogP contribution in [0.4, 0.5) is 0 Å². The Kier molecular flexibility index (Phi) is 5.49. The molecule has 1 N–H and O–H groups in total. The third-order valence-electron chi connectivity index (χ3n) is 6.57. The summed E-state index contributed by atoms with van der Waals surface area (Å²) >= 11 is 0. The van der Waals surface area contributed by atoms with E-state index >= 15 is 0 Å². The maximum Gasteiger partial charge on any atom is 0.223 e. The molecule has 1 amide bonds. The Hall–Kier alpha value is -3.08. The summed E-state index contributed by atoms with van der Waals surface area (Å²) < 4.78 is 8.07. The second-order valence-corrected chi connectivity index (χ2v) is 8.89. The highest BCUT2D eigenvalue weighted by Crippen LogP contribution is 2.41. The summed E-state index contributed by atoms with van der Waals surface area (Å²) in [7, 11) is 1.92. The van der Waals surface area contributed by atoms with Crippen LogP contribution in [0.25, 0.3) is 11.1 Å². The second kappa shape index (κ2) is 8.58. The Bertz CT molecular complexity index is 1040. The summed E-state index contributed by atoms with van der Waals surface area (Å²) in [6.07, 6.45) is 8.72. The Morgan fingerprint density at radius 1 is 1.03 bits per heavy atom. The highest BCUT2D eigenvalue weighted by molar-refractivity contribution is 5.79. The number of nitrogens with one attached hydrogen (secondary N) is 1. The zero-order valence-corrected chi connectivity index (χ0v) is 17.9. The third-order valence-corrected chi connectivity index (χ3v) is 6.57. The van der Waals surface area contributed by atoms with Gasteiger partial charge >= 0.3 is 0 Å². The average Bonchev–Trinajstić information content (AvgIpc) is 3.43. The molecule has 2 unspecified atom stereocenters. The maximum absolute atomic E-state index is 12.7. The molecule has 0 bridgehead atoms. The molecule has 5 nitrogen and oxygen atoms in total. The van der Waals surface area contributed by atoms with Gasteiger partial charge in [-0.3, -0.25) is 9.48 Å². The number of hydrogen-bond acceptors (Lipinski definition) is 3. The highest BCUT2D eigenvalue weighted by atomic mass is 16.5. The molecule has 5 rings (SSSR count). The predicted molar refractivity (Wildman–Crippen MR) is 121 cm³/mol. The van der Waals surface area contributed by atoms with Gasteiger partial charge in [0.15, 0.2) is 0 Å². The molecule has 5 heteroatoms. The maximum atomic E-state index is 12.7. The van der Waals surface area contributed by atoms with Crippen LogP contribution < -0.4 is 10.1 Å². The van der Waals surface area contributed by atoms with E-state index in [9.17, 15) is 4.79 Å². The van der Waals surface area contributed by atoms with Gasteiger partial charge in [-0.1, -0.05) is 42.5 Å². The summed E-state index contributed by atoms with van der Waals surface area (Å²) in [5, 5.41) is 7.52. The fraction of sp³-hybridized carbons (Fsp3) is 0.385. The number of nitrogens with zero attached hydrogens (tertiary/aromatic N) is 2. The first kappa shape index (κ1) is 19.9. The van der Waals surface area contributed by atoms with Crippen LogP contribution in [0.2, 0.25) is 0 Å². The number of ether oxygens (including phenoxy) is 1. The molecule has 0 spiro atoms. The average molecular weight is 416 g/mol. The molecule has 0 saturated heterocycles. The molecule has 160 valence electrons. The van der Waals surface area contributed by atoms with Crippen molar-refractivity contribution in [3.05, 3.63) is 72.6 Å². The number of hydrogen-bond donors (Lipinski definition) is 1. The Labute approximate surface area is 183 Å². The molecular formula is C26H29N3O2. The normalized spacial score (nSPS) is 25.1. The van der Waals surface area contributed by atoms with E-state index in [2.05, 4.69) is 46.8 Å². The first-order valence-corrected chi connectivity index (χ1v) is 11.3. The largest absolute Gasteiger partial charge is 0.490 e. The van der Waals surface area contributed by atoms with Crippen LogP contribution in [0, 0.1) is 5.92 Å². The molecular weight excluding hydrogens is 386 g/mol. The molecule has 1 aromatic heterocycles. The van der Waals surface area contributed by atoms with Gasteiger partial charge in [0.2, 0.25) is 5.91 Å². The SMILES string of the molecule is Cn1cc(-c2cccc(OC3CCC(C(=O)NC4CC4c4ccccc4)CC3)c2)cn1. The van der Waals surface area contributed by atoms with Crippen molar-refractivity contribution in [2.24, 2.45) is 13.0 Å². The van der Waals surface area contributed by atoms with Crippen LogP contribution >= 0.6 is 0 Å². The van der Waals surface area contributed by atoms with Gasteiger partial charge in [-0.25, -0.2) is 0 Å². The number of carbonyl (C=O) groups is 1. The zero-order valence-electron chi connectivity index (χ0n) is 17.9. The number of benzene rings is 2. The molecule has 3 aromatic rings. The number of rotatable bonds is 6. The van der Waals surface area contributed by atoms with Gasteiger partial charge in [0.1, 0.15) is 5.75 Å². The van der Waals surface area contributed by atoms with Crippen molar-refractivity contribution < 1.29 is 9.53 Å². The Morgan fingerprint density at radius 2 is 1.84 bits per heavy atom. The van der Waals surface area contributed by atoms with E-state index in [1.54, 1.807) is 4.68 Å². The van der Waals surface area contributed by atoms with Crippen molar-refractivity contribution in [1.82, 2.24) is 15.1 Å². The van der Waals surface area contributed by atoms with Gasteiger partial charge < -0.3 is 10.1 Å². The van der Waals surface area contributed by atoms with Gasteiger partial charge in [0.25, 0.3) is 0 Å². The van der Waals surface area contributed by atoms with E-state index in [0.29, 0.717) is 12.0 Å². The van der Waals surface area contributed by atoms with Gasteiger partial charge in [-0.15, -0.1) is 0 Å². The van der Waals surface area contributed by atoms with Crippen LogP contribution in [0.5, 0.6) is 5.75 Å².